The Labute approximate surface area is 126 Å². The van der Waals surface area contributed by atoms with Crippen LogP contribution in [0.4, 0.5) is 0 Å². The summed E-state index contributed by atoms with van der Waals surface area (Å²) in [5, 5.41) is 5.37. The Morgan fingerprint density at radius 3 is 2.33 bits per heavy atom. The minimum atomic E-state index is -0.0914. The molecule has 116 valence electrons. The number of benzene rings is 1. The maximum absolute atomic E-state index is 11.6. The molecule has 5 nitrogen and oxygen atoms in total. The summed E-state index contributed by atoms with van der Waals surface area (Å²) in [7, 11) is 0. The molecule has 21 heavy (non-hydrogen) atoms. The lowest BCUT2D eigenvalue weighted by atomic mass is 10.1. The number of nitrogens with one attached hydrogen (secondary N) is 2. The molecule has 0 aliphatic carbocycles. The molecule has 0 bridgehead atoms. The van der Waals surface area contributed by atoms with E-state index in [9.17, 15) is 9.59 Å². The second kappa shape index (κ2) is 9.00. The van der Waals surface area contributed by atoms with Crippen molar-refractivity contribution in [1.29, 1.82) is 0 Å². The Kier molecular flexibility index (Phi) is 7.29. The fourth-order valence-electron chi connectivity index (χ4n) is 1.96. The summed E-state index contributed by atoms with van der Waals surface area (Å²) in [6, 6.07) is 6.02. The molecule has 0 spiro atoms. The summed E-state index contributed by atoms with van der Waals surface area (Å²) in [6.45, 7) is 6.90. The van der Waals surface area contributed by atoms with Crippen LogP contribution >= 0.6 is 0 Å². The van der Waals surface area contributed by atoms with Crippen LogP contribution in [0.3, 0.4) is 0 Å². The molecule has 0 saturated carbocycles. The number of hydrogen-bond acceptors (Lipinski definition) is 3. The van der Waals surface area contributed by atoms with E-state index in [0.717, 1.165) is 16.9 Å². The van der Waals surface area contributed by atoms with Crippen molar-refractivity contribution in [2.45, 2.75) is 33.6 Å². The zero-order chi connectivity index (χ0) is 15.7. The van der Waals surface area contributed by atoms with Gasteiger partial charge in [0.05, 0.1) is 6.61 Å². The van der Waals surface area contributed by atoms with Crippen molar-refractivity contribution in [3.8, 4) is 5.75 Å². The molecule has 0 heterocycles. The Balaban J connectivity index is 2.16. The van der Waals surface area contributed by atoms with Crippen molar-refractivity contribution >= 4 is 11.8 Å². The Morgan fingerprint density at radius 2 is 1.71 bits per heavy atom. The van der Waals surface area contributed by atoms with Gasteiger partial charge in [0.25, 0.3) is 0 Å². The first-order chi connectivity index (χ1) is 10.0. The van der Waals surface area contributed by atoms with E-state index in [1.807, 2.05) is 32.0 Å². The van der Waals surface area contributed by atoms with Gasteiger partial charge < -0.3 is 15.4 Å². The molecule has 0 fully saturated rings. The first kappa shape index (κ1) is 17.0. The minimum absolute atomic E-state index is 0.0227. The van der Waals surface area contributed by atoms with Crippen LogP contribution in [-0.2, 0) is 9.59 Å². The molecule has 5 heteroatoms. The lowest BCUT2D eigenvalue weighted by Gasteiger charge is -2.11. The number of carbonyl (C=O) groups excluding carboxylic acids is 2. The normalized spacial score (nSPS) is 10.0. The van der Waals surface area contributed by atoms with Gasteiger partial charge >= 0.3 is 0 Å². The topological polar surface area (TPSA) is 67.4 Å². The number of hydrogen-bond donors (Lipinski definition) is 2. The molecular weight excluding hydrogens is 268 g/mol. The molecule has 0 aliphatic rings. The molecular formula is C16H24N2O3. The van der Waals surface area contributed by atoms with Crippen molar-refractivity contribution in [3.63, 3.8) is 0 Å². The zero-order valence-corrected chi connectivity index (χ0v) is 13.0. The van der Waals surface area contributed by atoms with Crippen LogP contribution in [0.5, 0.6) is 5.75 Å². The van der Waals surface area contributed by atoms with Gasteiger partial charge in [0.1, 0.15) is 5.75 Å². The zero-order valence-electron chi connectivity index (χ0n) is 13.0. The van der Waals surface area contributed by atoms with E-state index < -0.39 is 0 Å². The van der Waals surface area contributed by atoms with Gasteiger partial charge in [-0.25, -0.2) is 0 Å². The predicted octanol–water partition coefficient (Wildman–Crippen LogP) is 1.71. The standard InChI is InChI=1S/C16H24N2O3/c1-12-6-4-7-13(2)16(12)21-11-5-8-15(20)18-10-9-17-14(3)19/h4,6-7H,5,8-11H2,1-3H3,(H,17,19)(H,18,20). The Morgan fingerprint density at radius 1 is 1.10 bits per heavy atom. The van der Waals surface area contributed by atoms with Gasteiger partial charge in [0.2, 0.25) is 11.8 Å². The molecule has 0 unspecified atom stereocenters. The molecule has 1 rings (SSSR count). The van der Waals surface area contributed by atoms with Crippen LogP contribution in [0, 0.1) is 13.8 Å². The van der Waals surface area contributed by atoms with E-state index in [1.165, 1.54) is 6.92 Å². The number of carbonyl (C=O) groups is 2. The highest BCUT2D eigenvalue weighted by Crippen LogP contribution is 2.22. The molecule has 1 aromatic carbocycles. The van der Waals surface area contributed by atoms with Crippen molar-refractivity contribution in [1.82, 2.24) is 10.6 Å². The third-order valence-electron chi connectivity index (χ3n) is 3.02. The average molecular weight is 292 g/mol. The van der Waals surface area contributed by atoms with Crippen molar-refractivity contribution in [2.24, 2.45) is 0 Å². The minimum Gasteiger partial charge on any atom is -0.493 e. The van der Waals surface area contributed by atoms with E-state index in [0.29, 0.717) is 32.5 Å². The summed E-state index contributed by atoms with van der Waals surface area (Å²) >= 11 is 0. The van der Waals surface area contributed by atoms with Gasteiger partial charge in [-0.1, -0.05) is 18.2 Å². The van der Waals surface area contributed by atoms with Crippen molar-refractivity contribution < 1.29 is 14.3 Å². The highest BCUT2D eigenvalue weighted by Gasteiger charge is 2.04. The predicted molar refractivity (Wildman–Crippen MR) is 82.3 cm³/mol. The van der Waals surface area contributed by atoms with Crippen LogP contribution < -0.4 is 15.4 Å². The van der Waals surface area contributed by atoms with Gasteiger partial charge in [0, 0.05) is 26.4 Å². The lowest BCUT2D eigenvalue weighted by Crippen LogP contribution is -2.33. The first-order valence-corrected chi connectivity index (χ1v) is 7.21. The molecule has 2 amide bonds. The third kappa shape index (κ3) is 6.79. The van der Waals surface area contributed by atoms with Gasteiger partial charge in [-0.2, -0.15) is 0 Å². The largest absolute Gasteiger partial charge is 0.493 e. The number of rotatable bonds is 8. The van der Waals surface area contributed by atoms with E-state index in [1.54, 1.807) is 0 Å². The number of aryl methyl sites for hydroxylation is 2. The average Bonchev–Trinajstić information content (AvgIpc) is 2.42. The molecule has 0 atom stereocenters. The van der Waals surface area contributed by atoms with Crippen molar-refractivity contribution in [3.05, 3.63) is 29.3 Å². The van der Waals surface area contributed by atoms with Gasteiger partial charge in [-0.3, -0.25) is 9.59 Å². The van der Waals surface area contributed by atoms with Crippen LogP contribution in [0.1, 0.15) is 30.9 Å². The summed E-state index contributed by atoms with van der Waals surface area (Å²) in [5.74, 6) is 0.792. The summed E-state index contributed by atoms with van der Waals surface area (Å²) in [5.41, 5.74) is 2.21. The highest BCUT2D eigenvalue weighted by atomic mass is 16.5. The summed E-state index contributed by atoms with van der Waals surface area (Å²) in [4.78, 5) is 22.2. The molecule has 0 aromatic heterocycles. The number of amides is 2. The van der Waals surface area contributed by atoms with Crippen LogP contribution in [-0.4, -0.2) is 31.5 Å². The Hall–Kier alpha value is -2.04. The van der Waals surface area contributed by atoms with Gasteiger partial charge in [0.15, 0.2) is 0 Å². The quantitative estimate of drug-likeness (QED) is 0.717. The van der Waals surface area contributed by atoms with Crippen LogP contribution in [0.15, 0.2) is 18.2 Å². The number of ether oxygens (including phenoxy) is 1. The van der Waals surface area contributed by atoms with E-state index >= 15 is 0 Å². The molecule has 0 radical (unpaired) electrons. The molecule has 2 N–H and O–H groups in total. The maximum atomic E-state index is 11.6. The monoisotopic (exact) mass is 292 g/mol. The second-order valence-electron chi connectivity index (χ2n) is 5.01. The summed E-state index contributed by atoms with van der Waals surface area (Å²) < 4.78 is 5.74. The highest BCUT2D eigenvalue weighted by molar-refractivity contribution is 5.76. The fourth-order valence-corrected chi connectivity index (χ4v) is 1.96. The van der Waals surface area contributed by atoms with Gasteiger partial charge in [-0.15, -0.1) is 0 Å². The lowest BCUT2D eigenvalue weighted by molar-refractivity contribution is -0.122. The SMILES string of the molecule is CC(=O)NCCNC(=O)CCCOc1c(C)cccc1C. The van der Waals surface area contributed by atoms with Crippen LogP contribution in [0.25, 0.3) is 0 Å². The third-order valence-corrected chi connectivity index (χ3v) is 3.02. The van der Waals surface area contributed by atoms with Gasteiger partial charge in [-0.05, 0) is 31.4 Å². The molecule has 0 saturated heterocycles. The molecule has 0 aliphatic heterocycles. The van der Waals surface area contributed by atoms with E-state index in [2.05, 4.69) is 10.6 Å². The maximum Gasteiger partial charge on any atom is 0.220 e. The first-order valence-electron chi connectivity index (χ1n) is 7.21. The van der Waals surface area contributed by atoms with Crippen molar-refractivity contribution in [2.75, 3.05) is 19.7 Å². The second-order valence-corrected chi connectivity index (χ2v) is 5.01. The fraction of sp³-hybridized carbons (Fsp3) is 0.500. The number of para-hydroxylation sites is 1. The van der Waals surface area contributed by atoms with E-state index in [-0.39, 0.29) is 11.8 Å². The smallest absolute Gasteiger partial charge is 0.220 e. The van der Waals surface area contributed by atoms with Crippen LogP contribution in [0.2, 0.25) is 0 Å². The van der Waals surface area contributed by atoms with E-state index in [4.69, 9.17) is 4.74 Å². The molecule has 1 aromatic rings. The Bertz CT molecular complexity index is 466. The summed E-state index contributed by atoms with van der Waals surface area (Å²) in [6.07, 6.45) is 1.09.